The Hall–Kier alpha value is -2.01. The van der Waals surface area contributed by atoms with E-state index in [1.54, 1.807) is 31.4 Å². The number of aryl methyl sites for hydroxylation is 2. The smallest absolute Gasteiger partial charge is 0.245 e. The summed E-state index contributed by atoms with van der Waals surface area (Å²) in [4.78, 5) is 40.2. The van der Waals surface area contributed by atoms with Crippen molar-refractivity contribution in [2.24, 2.45) is 5.92 Å². The fourth-order valence-corrected chi connectivity index (χ4v) is 4.15. The summed E-state index contributed by atoms with van der Waals surface area (Å²) in [6, 6.07) is 2.11. The molecule has 120 valence electrons. The number of carbonyl (C=O) groups is 3. The van der Waals surface area contributed by atoms with E-state index in [4.69, 9.17) is 0 Å². The number of fused-ring (bicyclic) bond motifs is 1. The first kappa shape index (κ1) is 15.9. The maximum atomic E-state index is 12.3. The molecule has 0 aromatic carbocycles. The Kier molecular flexibility index (Phi) is 4.31. The van der Waals surface area contributed by atoms with Crippen LogP contribution in [0.15, 0.2) is 23.9 Å². The van der Waals surface area contributed by atoms with E-state index in [-0.39, 0.29) is 0 Å². The van der Waals surface area contributed by atoms with Crippen LogP contribution >= 0.6 is 11.3 Å². The molecule has 3 rings (SSSR count). The third-order valence-electron chi connectivity index (χ3n) is 4.45. The molecule has 23 heavy (non-hydrogen) atoms. The molecule has 0 saturated heterocycles. The monoisotopic (exact) mass is 329 g/mol. The number of rotatable bonds is 3. The highest BCUT2D eigenvalue weighted by atomic mass is 32.1. The van der Waals surface area contributed by atoms with Crippen LogP contribution in [0.1, 0.15) is 35.1 Å². The van der Waals surface area contributed by atoms with Crippen LogP contribution in [-0.4, -0.2) is 29.4 Å². The van der Waals surface area contributed by atoms with Crippen molar-refractivity contribution in [3.05, 3.63) is 39.2 Å². The predicted octanol–water partition coefficient (Wildman–Crippen LogP) is 2.77. The Bertz CT molecular complexity index is 718. The largest absolute Gasteiger partial charge is 0.318 e. The van der Waals surface area contributed by atoms with E-state index in [1.165, 1.54) is 40.3 Å². The van der Waals surface area contributed by atoms with Crippen LogP contribution in [0.5, 0.6) is 0 Å². The average molecular weight is 329 g/mol. The van der Waals surface area contributed by atoms with Crippen LogP contribution in [0.2, 0.25) is 0 Å². The van der Waals surface area contributed by atoms with Crippen molar-refractivity contribution in [1.29, 1.82) is 0 Å². The van der Waals surface area contributed by atoms with Crippen molar-refractivity contribution in [1.82, 2.24) is 4.90 Å². The molecule has 1 amide bonds. The molecule has 0 N–H and O–H groups in total. The molecule has 1 aromatic rings. The number of thiophene rings is 1. The van der Waals surface area contributed by atoms with Gasteiger partial charge in [0.05, 0.1) is 0 Å². The van der Waals surface area contributed by atoms with Gasteiger partial charge in [-0.3, -0.25) is 14.4 Å². The lowest BCUT2D eigenvalue weighted by molar-refractivity contribution is -0.142. The Morgan fingerprint density at radius 2 is 2.04 bits per heavy atom. The Labute approximate surface area is 139 Å². The first-order valence-electron chi connectivity index (χ1n) is 7.80. The molecular formula is C18H19NO3S. The summed E-state index contributed by atoms with van der Waals surface area (Å²) >= 11 is 1.70. The SMILES string of the molecule is CC1=CC(=O)C(C(=O)/C=C/c2cc3c(s2)CCCC3)C(=O)N1C. The molecule has 5 heteroatoms. The number of carbonyl (C=O) groups excluding carboxylic acids is 3. The van der Waals surface area contributed by atoms with Gasteiger partial charge in [0, 0.05) is 28.6 Å². The second kappa shape index (κ2) is 6.24. The summed E-state index contributed by atoms with van der Waals surface area (Å²) in [6.07, 6.45) is 9.12. The molecule has 1 atom stereocenters. The van der Waals surface area contributed by atoms with E-state index >= 15 is 0 Å². The molecule has 0 saturated carbocycles. The second-order valence-corrected chi connectivity index (χ2v) is 7.23. The molecule has 0 spiro atoms. The quantitative estimate of drug-likeness (QED) is 0.633. The van der Waals surface area contributed by atoms with Crippen LogP contribution in [0.4, 0.5) is 0 Å². The van der Waals surface area contributed by atoms with E-state index in [0.29, 0.717) is 5.70 Å². The van der Waals surface area contributed by atoms with Crippen LogP contribution in [0, 0.1) is 5.92 Å². The number of amides is 1. The zero-order valence-corrected chi connectivity index (χ0v) is 14.1. The maximum Gasteiger partial charge on any atom is 0.245 e. The van der Waals surface area contributed by atoms with Gasteiger partial charge < -0.3 is 4.90 Å². The highest BCUT2D eigenvalue weighted by molar-refractivity contribution is 7.13. The van der Waals surface area contributed by atoms with Crippen molar-refractivity contribution < 1.29 is 14.4 Å². The molecule has 1 aliphatic carbocycles. The van der Waals surface area contributed by atoms with Gasteiger partial charge in [-0.05, 0) is 56.4 Å². The summed E-state index contributed by atoms with van der Waals surface area (Å²) < 4.78 is 0. The van der Waals surface area contributed by atoms with Crippen LogP contribution in [0.25, 0.3) is 6.08 Å². The van der Waals surface area contributed by atoms with Crippen molar-refractivity contribution in [2.75, 3.05) is 7.05 Å². The molecular weight excluding hydrogens is 310 g/mol. The van der Waals surface area contributed by atoms with Gasteiger partial charge >= 0.3 is 0 Å². The summed E-state index contributed by atoms with van der Waals surface area (Å²) in [5.41, 5.74) is 1.94. The molecule has 0 fully saturated rings. The molecule has 2 aliphatic rings. The Morgan fingerprint density at radius 1 is 1.30 bits per heavy atom. The highest BCUT2D eigenvalue weighted by Gasteiger charge is 2.37. The van der Waals surface area contributed by atoms with Crippen molar-refractivity contribution in [3.8, 4) is 0 Å². The first-order chi connectivity index (χ1) is 11.0. The molecule has 1 aliphatic heterocycles. The van der Waals surface area contributed by atoms with E-state index < -0.39 is 23.4 Å². The molecule has 0 bridgehead atoms. The predicted molar refractivity (Wildman–Crippen MR) is 90.0 cm³/mol. The summed E-state index contributed by atoms with van der Waals surface area (Å²) in [6.45, 7) is 1.68. The zero-order valence-electron chi connectivity index (χ0n) is 13.3. The summed E-state index contributed by atoms with van der Waals surface area (Å²) in [7, 11) is 1.58. The molecule has 0 radical (unpaired) electrons. The lowest BCUT2D eigenvalue weighted by atomic mass is 9.93. The van der Waals surface area contributed by atoms with E-state index in [9.17, 15) is 14.4 Å². The van der Waals surface area contributed by atoms with Gasteiger partial charge in [0.15, 0.2) is 17.5 Å². The number of nitrogens with zero attached hydrogens (tertiary/aromatic N) is 1. The van der Waals surface area contributed by atoms with Crippen molar-refractivity contribution in [2.45, 2.75) is 32.6 Å². The van der Waals surface area contributed by atoms with Gasteiger partial charge in [0.25, 0.3) is 0 Å². The first-order valence-corrected chi connectivity index (χ1v) is 8.62. The maximum absolute atomic E-state index is 12.3. The fourth-order valence-electron chi connectivity index (χ4n) is 2.99. The Morgan fingerprint density at radius 3 is 2.78 bits per heavy atom. The topological polar surface area (TPSA) is 54.5 Å². The van der Waals surface area contributed by atoms with Gasteiger partial charge in [0.1, 0.15) is 0 Å². The zero-order chi connectivity index (χ0) is 16.6. The van der Waals surface area contributed by atoms with Crippen molar-refractivity contribution in [3.63, 3.8) is 0 Å². The molecule has 1 aromatic heterocycles. The average Bonchev–Trinajstić information content (AvgIpc) is 2.93. The fraction of sp³-hybridized carbons (Fsp3) is 0.389. The minimum absolute atomic E-state index is 0.425. The van der Waals surface area contributed by atoms with Crippen LogP contribution in [-0.2, 0) is 27.2 Å². The number of hydrogen-bond donors (Lipinski definition) is 0. The highest BCUT2D eigenvalue weighted by Crippen LogP contribution is 2.30. The van der Waals surface area contributed by atoms with Crippen molar-refractivity contribution >= 4 is 34.9 Å². The Balaban J connectivity index is 1.77. The van der Waals surface area contributed by atoms with Gasteiger partial charge in [0.2, 0.25) is 5.91 Å². The number of hydrogen-bond acceptors (Lipinski definition) is 4. The summed E-state index contributed by atoms with van der Waals surface area (Å²) in [5.74, 6) is -2.54. The van der Waals surface area contributed by atoms with E-state index in [1.807, 2.05) is 0 Å². The molecule has 4 nitrogen and oxygen atoms in total. The molecule has 2 heterocycles. The third-order valence-corrected chi connectivity index (χ3v) is 5.66. The lowest BCUT2D eigenvalue weighted by Gasteiger charge is -2.25. The van der Waals surface area contributed by atoms with E-state index in [0.717, 1.165) is 17.7 Å². The number of allylic oxidation sites excluding steroid dienone is 3. The third kappa shape index (κ3) is 3.06. The standard InChI is InChI=1S/C18H19NO3S/c1-11-9-15(21)17(18(22)19(11)2)14(20)8-7-13-10-12-5-3-4-6-16(12)23-13/h7-10,17H,3-6H2,1-2H3/b8-7+. The number of ketones is 2. The van der Waals surface area contributed by atoms with Gasteiger partial charge in [-0.2, -0.15) is 0 Å². The van der Waals surface area contributed by atoms with Crippen LogP contribution in [0.3, 0.4) is 0 Å². The molecule has 1 unspecified atom stereocenters. The van der Waals surface area contributed by atoms with Gasteiger partial charge in [-0.1, -0.05) is 0 Å². The summed E-state index contributed by atoms with van der Waals surface area (Å²) in [5, 5.41) is 0. The van der Waals surface area contributed by atoms with Crippen LogP contribution < -0.4 is 0 Å². The normalized spacial score (nSPS) is 21.6. The second-order valence-electron chi connectivity index (χ2n) is 6.06. The minimum atomic E-state index is -1.23. The minimum Gasteiger partial charge on any atom is -0.318 e. The van der Waals surface area contributed by atoms with Gasteiger partial charge in [-0.15, -0.1) is 11.3 Å². The van der Waals surface area contributed by atoms with E-state index in [2.05, 4.69) is 6.07 Å². The lowest BCUT2D eigenvalue weighted by Crippen LogP contribution is -2.43. The van der Waals surface area contributed by atoms with Gasteiger partial charge in [-0.25, -0.2) is 0 Å².